The quantitative estimate of drug-likeness (QED) is 0.798. The fourth-order valence-corrected chi connectivity index (χ4v) is 4.08. The summed E-state index contributed by atoms with van der Waals surface area (Å²) >= 11 is 0. The number of amides is 1. The van der Waals surface area contributed by atoms with Gasteiger partial charge < -0.3 is 19.4 Å². The molecule has 0 aliphatic carbocycles. The maximum absolute atomic E-state index is 12.9. The van der Waals surface area contributed by atoms with Gasteiger partial charge in [-0.2, -0.15) is 0 Å². The zero-order valence-corrected chi connectivity index (χ0v) is 13.6. The first kappa shape index (κ1) is 15.6. The van der Waals surface area contributed by atoms with Crippen molar-refractivity contribution >= 4 is 11.9 Å². The highest BCUT2D eigenvalue weighted by atomic mass is 16.4. The molecule has 2 aliphatic rings. The Balaban J connectivity index is 1.66. The molecule has 3 heterocycles. The van der Waals surface area contributed by atoms with Gasteiger partial charge in [-0.25, -0.2) is 0 Å². The highest BCUT2D eigenvalue weighted by Gasteiger charge is 2.36. The lowest BCUT2D eigenvalue weighted by atomic mass is 9.83. The lowest BCUT2D eigenvalue weighted by Gasteiger charge is -2.42. The van der Waals surface area contributed by atoms with Crippen LogP contribution in [0.15, 0.2) is 47.3 Å². The Labute approximate surface area is 144 Å². The topological polar surface area (TPSA) is 82.4 Å². The number of likely N-dealkylation sites (tertiary alicyclic amines) is 1. The van der Waals surface area contributed by atoms with Crippen LogP contribution in [0.4, 0.5) is 0 Å². The minimum absolute atomic E-state index is 0.00530. The highest BCUT2D eigenvalue weighted by molar-refractivity contribution is 6.04. The van der Waals surface area contributed by atoms with E-state index >= 15 is 0 Å². The van der Waals surface area contributed by atoms with Gasteiger partial charge in [0.25, 0.3) is 11.5 Å². The smallest absolute Gasteiger partial charge is 0.254 e. The third-order valence-electron chi connectivity index (χ3n) is 5.14. The number of piperidine rings is 1. The van der Waals surface area contributed by atoms with Gasteiger partial charge in [-0.1, -0.05) is 24.3 Å². The maximum atomic E-state index is 12.9. The van der Waals surface area contributed by atoms with Gasteiger partial charge in [0, 0.05) is 48.4 Å². The number of fused-ring (bicyclic) bond motifs is 4. The van der Waals surface area contributed by atoms with Gasteiger partial charge in [0.05, 0.1) is 5.97 Å². The Kier molecular flexibility index (Phi) is 3.67. The normalized spacial score (nSPS) is 21.5. The summed E-state index contributed by atoms with van der Waals surface area (Å²) in [6.07, 6.45) is 0.940. The van der Waals surface area contributed by atoms with Crippen molar-refractivity contribution in [2.24, 2.45) is 5.92 Å². The maximum Gasteiger partial charge on any atom is 0.254 e. The van der Waals surface area contributed by atoms with Gasteiger partial charge in [-0.15, -0.1) is 0 Å². The fourth-order valence-electron chi connectivity index (χ4n) is 4.08. The van der Waals surface area contributed by atoms with Crippen LogP contribution in [-0.2, 0) is 6.54 Å². The van der Waals surface area contributed by atoms with Crippen LogP contribution >= 0.6 is 0 Å². The summed E-state index contributed by atoms with van der Waals surface area (Å²) in [5.41, 5.74) is 1.02. The number of aromatic carboxylic acids is 1. The molecule has 1 fully saturated rings. The van der Waals surface area contributed by atoms with E-state index in [4.69, 9.17) is 0 Å². The van der Waals surface area contributed by atoms with Gasteiger partial charge in [0.15, 0.2) is 0 Å². The number of pyridine rings is 1. The van der Waals surface area contributed by atoms with E-state index in [1.807, 2.05) is 6.07 Å². The molecule has 1 saturated heterocycles. The first-order chi connectivity index (χ1) is 12.0. The highest BCUT2D eigenvalue weighted by Crippen LogP contribution is 2.35. The number of aromatic nitrogens is 1. The van der Waals surface area contributed by atoms with Crippen LogP contribution in [0, 0.1) is 5.92 Å². The first-order valence-electron chi connectivity index (χ1n) is 8.34. The molecule has 6 nitrogen and oxygen atoms in total. The van der Waals surface area contributed by atoms with E-state index in [0.29, 0.717) is 19.6 Å². The summed E-state index contributed by atoms with van der Waals surface area (Å²) in [6, 6.07) is 11.4. The van der Waals surface area contributed by atoms with Crippen molar-refractivity contribution in [3.63, 3.8) is 0 Å². The first-order valence-corrected chi connectivity index (χ1v) is 8.34. The fraction of sp³-hybridized carbons (Fsp3) is 0.316. The molecule has 1 aromatic carbocycles. The van der Waals surface area contributed by atoms with Crippen LogP contribution in [0.25, 0.3) is 0 Å². The molecule has 0 unspecified atom stereocenters. The number of carbonyl (C=O) groups excluding carboxylic acids is 2. The van der Waals surface area contributed by atoms with Crippen LogP contribution in [0.2, 0.25) is 0 Å². The zero-order valence-electron chi connectivity index (χ0n) is 13.6. The second-order valence-electron chi connectivity index (χ2n) is 6.74. The summed E-state index contributed by atoms with van der Waals surface area (Å²) in [7, 11) is 0. The van der Waals surface area contributed by atoms with Crippen molar-refractivity contribution in [2.75, 3.05) is 13.1 Å². The third kappa shape index (κ3) is 2.63. The molecular weight excluding hydrogens is 320 g/mol. The standard InChI is InChI=1S/C19H18N2O4/c22-17-7-3-6-16-13-8-12(10-21(16)17)9-20(11-13)18(23)14-4-1-2-5-15(14)19(24)25/h1-7,12-13H,8-11H2,(H,24,25)/p-1/t12-,13+/m0/s1. The molecule has 0 radical (unpaired) electrons. The lowest BCUT2D eigenvalue weighted by Crippen LogP contribution is -2.49. The number of nitrogens with zero attached hydrogens (tertiary/aromatic N) is 2. The van der Waals surface area contributed by atoms with Gasteiger partial charge in [0.1, 0.15) is 0 Å². The molecule has 2 aromatic rings. The van der Waals surface area contributed by atoms with Crippen LogP contribution in [0.3, 0.4) is 0 Å². The van der Waals surface area contributed by atoms with Crippen molar-refractivity contribution in [3.05, 3.63) is 69.6 Å². The van der Waals surface area contributed by atoms with Gasteiger partial charge >= 0.3 is 0 Å². The Bertz CT molecular complexity index is 918. The summed E-state index contributed by atoms with van der Waals surface area (Å²) in [5, 5.41) is 11.3. The molecule has 2 atom stereocenters. The summed E-state index contributed by atoms with van der Waals surface area (Å²) < 4.78 is 1.80. The number of carbonyl (C=O) groups is 2. The van der Waals surface area contributed by atoms with E-state index in [1.165, 1.54) is 12.1 Å². The molecule has 1 amide bonds. The van der Waals surface area contributed by atoms with E-state index in [-0.39, 0.29) is 34.4 Å². The Hall–Kier alpha value is -2.89. The van der Waals surface area contributed by atoms with Crippen molar-refractivity contribution < 1.29 is 14.7 Å². The van der Waals surface area contributed by atoms with Gasteiger partial charge in [-0.05, 0) is 24.5 Å². The average molecular weight is 337 g/mol. The van der Waals surface area contributed by atoms with Crippen molar-refractivity contribution in [3.8, 4) is 0 Å². The van der Waals surface area contributed by atoms with Crippen LogP contribution in [0.5, 0.6) is 0 Å². The molecular formula is C19H17N2O4-. The second kappa shape index (κ2) is 5.88. The van der Waals surface area contributed by atoms with Crippen LogP contribution < -0.4 is 10.7 Å². The molecule has 2 aliphatic heterocycles. The predicted octanol–water partition coefficient (Wildman–Crippen LogP) is 0.471. The van der Waals surface area contributed by atoms with Crippen LogP contribution in [-0.4, -0.2) is 34.4 Å². The summed E-state index contributed by atoms with van der Waals surface area (Å²) in [5.74, 6) is -1.34. The lowest BCUT2D eigenvalue weighted by molar-refractivity contribution is -0.255. The number of hydrogen-bond acceptors (Lipinski definition) is 4. The van der Waals surface area contributed by atoms with Crippen molar-refractivity contribution in [1.29, 1.82) is 0 Å². The van der Waals surface area contributed by atoms with Crippen molar-refractivity contribution in [1.82, 2.24) is 9.47 Å². The monoisotopic (exact) mass is 337 g/mol. The Morgan fingerprint density at radius 1 is 0.960 bits per heavy atom. The summed E-state index contributed by atoms with van der Waals surface area (Å²) in [4.78, 5) is 38.0. The minimum Gasteiger partial charge on any atom is -0.545 e. The molecule has 2 bridgehead atoms. The number of hydrogen-bond donors (Lipinski definition) is 0. The van der Waals surface area contributed by atoms with Gasteiger partial charge in [0.2, 0.25) is 0 Å². The molecule has 0 spiro atoms. The van der Waals surface area contributed by atoms with Crippen molar-refractivity contribution in [2.45, 2.75) is 18.9 Å². The van der Waals surface area contributed by atoms with Crippen LogP contribution in [0.1, 0.15) is 38.7 Å². The molecule has 0 saturated carbocycles. The Morgan fingerprint density at radius 2 is 1.72 bits per heavy atom. The van der Waals surface area contributed by atoms with E-state index in [9.17, 15) is 19.5 Å². The molecule has 0 N–H and O–H groups in total. The predicted molar refractivity (Wildman–Crippen MR) is 88.2 cm³/mol. The van der Waals surface area contributed by atoms with Gasteiger partial charge in [-0.3, -0.25) is 9.59 Å². The molecule has 4 rings (SSSR count). The Morgan fingerprint density at radius 3 is 2.48 bits per heavy atom. The van der Waals surface area contributed by atoms with E-state index in [0.717, 1.165) is 12.1 Å². The number of carboxylic acid groups (broad SMARTS) is 1. The third-order valence-corrected chi connectivity index (χ3v) is 5.14. The SMILES string of the molecule is O=C([O-])c1ccccc1C(=O)N1C[C@@H]2C[C@H](C1)c1cccc(=O)n1C2. The van der Waals surface area contributed by atoms with E-state index in [1.54, 1.807) is 33.7 Å². The molecule has 128 valence electrons. The molecule has 25 heavy (non-hydrogen) atoms. The zero-order chi connectivity index (χ0) is 17.6. The van der Waals surface area contributed by atoms with E-state index in [2.05, 4.69) is 0 Å². The molecule has 1 aromatic heterocycles. The largest absolute Gasteiger partial charge is 0.545 e. The number of benzene rings is 1. The summed E-state index contributed by atoms with van der Waals surface area (Å²) in [6.45, 7) is 1.61. The number of rotatable bonds is 2. The molecule has 6 heteroatoms. The minimum atomic E-state index is -1.35. The second-order valence-corrected chi connectivity index (χ2v) is 6.74. The van der Waals surface area contributed by atoms with E-state index < -0.39 is 5.97 Å². The number of carboxylic acids is 1. The average Bonchev–Trinajstić information content (AvgIpc) is 2.62.